The SMILES string of the molecule is Cn1ncnc1[C@H]1C2=NCC(=O)c3cc(F)cc(c32)N[C@@H]1c1ccc(NCCCNc2ccc(S(=O)(=O)CC(C)(O)C(=O)Cc3ccc(C#N)c(C(F)(F)F)c3)cc2)cc1. The summed E-state index contributed by atoms with van der Waals surface area (Å²) in [5, 5.41) is 34.1. The number of ketones is 2. The summed E-state index contributed by atoms with van der Waals surface area (Å²) in [7, 11) is -2.41. The van der Waals surface area contributed by atoms with Crippen LogP contribution in [0.4, 0.5) is 34.6 Å². The third-order valence-corrected chi connectivity index (χ3v) is 12.4. The van der Waals surface area contributed by atoms with E-state index in [0.29, 0.717) is 59.6 Å². The van der Waals surface area contributed by atoms with Gasteiger partial charge in [0.1, 0.15) is 30.1 Å². The number of hydrogen-bond donors (Lipinski definition) is 4. The highest BCUT2D eigenvalue weighted by atomic mass is 32.2. The maximum atomic E-state index is 14.6. The van der Waals surface area contributed by atoms with Gasteiger partial charge in [-0.2, -0.15) is 23.5 Å². The fourth-order valence-corrected chi connectivity index (χ4v) is 9.04. The standard InChI is InChI=1S/C42H38F4N8O5S/c1-41(57,35(56)17-24-4-5-26(20-47)32(16-24)42(44,45)46)22-60(58,59)30-12-10-29(11-13-30)49-15-3-14-48-28-8-6-25(7-9-28)38-37(40-51-23-52-54(40)2)39-36-31(34(55)21-50-39)18-27(43)19-33(36)53-38/h4-13,16,18-19,23,37-38,48-49,53,57H,3,14-15,17,21-22H2,1-2H3/t37-,38-,41?/m1/s1. The lowest BCUT2D eigenvalue weighted by molar-refractivity contribution is -0.138. The van der Waals surface area contributed by atoms with E-state index in [1.165, 1.54) is 36.7 Å². The normalized spacial score (nSPS) is 17.1. The number of aromatic nitrogens is 3. The second-order valence-corrected chi connectivity index (χ2v) is 16.8. The van der Waals surface area contributed by atoms with Crippen molar-refractivity contribution in [2.45, 2.75) is 48.4 Å². The fraction of sp³-hybridized carbons (Fsp3) is 0.286. The highest BCUT2D eigenvalue weighted by molar-refractivity contribution is 7.91. The number of carbonyl (C=O) groups is 2. The molecule has 0 aliphatic carbocycles. The molecule has 0 fully saturated rings. The molecule has 0 amide bonds. The lowest BCUT2D eigenvalue weighted by Gasteiger charge is -2.37. The maximum Gasteiger partial charge on any atom is 0.417 e. The van der Waals surface area contributed by atoms with Crippen molar-refractivity contribution >= 4 is 44.2 Å². The summed E-state index contributed by atoms with van der Waals surface area (Å²) in [6, 6.07) is 19.9. The van der Waals surface area contributed by atoms with Gasteiger partial charge in [0.2, 0.25) is 0 Å². The molecular weight excluding hydrogens is 805 g/mol. The molecule has 0 bridgehead atoms. The number of alkyl halides is 3. The summed E-state index contributed by atoms with van der Waals surface area (Å²) >= 11 is 0. The van der Waals surface area contributed by atoms with Crippen molar-refractivity contribution in [3.63, 3.8) is 0 Å². The number of aliphatic imine (C=N–C) groups is 1. The van der Waals surface area contributed by atoms with E-state index in [1.807, 2.05) is 24.3 Å². The lowest BCUT2D eigenvalue weighted by Crippen LogP contribution is -2.43. The van der Waals surface area contributed by atoms with Crippen LogP contribution < -0.4 is 16.0 Å². The Morgan fingerprint density at radius 3 is 2.30 bits per heavy atom. The molecule has 2 aliphatic heterocycles. The first-order valence-electron chi connectivity index (χ1n) is 18.7. The van der Waals surface area contributed by atoms with Crippen molar-refractivity contribution in [3.8, 4) is 6.07 Å². The minimum absolute atomic E-state index is 0.0853. The van der Waals surface area contributed by atoms with Crippen molar-refractivity contribution in [3.05, 3.63) is 130 Å². The van der Waals surface area contributed by atoms with E-state index in [0.717, 1.165) is 30.3 Å². The number of aliphatic hydroxyl groups is 1. The number of Topliss-reactive ketones (excluding diaryl/α,β-unsaturated/α-hetero) is 2. The molecule has 7 rings (SSSR count). The minimum Gasteiger partial charge on any atom is -0.385 e. The van der Waals surface area contributed by atoms with Crippen molar-refractivity contribution in [2.75, 3.05) is 41.3 Å². The van der Waals surface area contributed by atoms with Gasteiger partial charge >= 0.3 is 6.18 Å². The van der Waals surface area contributed by atoms with E-state index in [9.17, 15) is 40.7 Å². The molecule has 4 aromatic carbocycles. The van der Waals surface area contributed by atoms with Gasteiger partial charge in [0.15, 0.2) is 21.4 Å². The summed E-state index contributed by atoms with van der Waals surface area (Å²) in [6.45, 7) is 2.03. The van der Waals surface area contributed by atoms with E-state index in [4.69, 9.17) is 5.26 Å². The molecule has 18 heteroatoms. The number of nitrogens with one attached hydrogen (secondary N) is 3. The number of hydrogen-bond acceptors (Lipinski definition) is 12. The Bertz CT molecular complexity index is 2660. The van der Waals surface area contributed by atoms with Crippen LogP contribution in [0.1, 0.15) is 69.3 Å². The van der Waals surface area contributed by atoms with E-state index >= 15 is 0 Å². The average molecular weight is 843 g/mol. The Hall–Kier alpha value is -6.45. The Morgan fingerprint density at radius 1 is 1.02 bits per heavy atom. The van der Waals surface area contributed by atoms with Gasteiger partial charge in [0, 0.05) is 54.7 Å². The molecule has 4 N–H and O–H groups in total. The van der Waals surface area contributed by atoms with Crippen molar-refractivity contribution in [2.24, 2.45) is 12.0 Å². The van der Waals surface area contributed by atoms with Gasteiger partial charge in [-0.25, -0.2) is 17.8 Å². The number of benzene rings is 4. The van der Waals surface area contributed by atoms with Crippen LogP contribution in [-0.2, 0) is 34.3 Å². The molecule has 310 valence electrons. The summed E-state index contributed by atoms with van der Waals surface area (Å²) < 4.78 is 82.8. The molecule has 13 nitrogen and oxygen atoms in total. The molecule has 1 aromatic heterocycles. The van der Waals surface area contributed by atoms with Crippen LogP contribution in [0.2, 0.25) is 0 Å². The number of halogens is 4. The Balaban J connectivity index is 0.923. The predicted molar refractivity (Wildman–Crippen MR) is 214 cm³/mol. The van der Waals surface area contributed by atoms with Gasteiger partial charge in [-0.15, -0.1) is 0 Å². The molecule has 3 heterocycles. The van der Waals surface area contributed by atoms with Crippen LogP contribution in [-0.4, -0.2) is 76.6 Å². The average Bonchev–Trinajstić information content (AvgIpc) is 3.63. The number of nitriles is 1. The molecule has 3 atom stereocenters. The first kappa shape index (κ1) is 41.7. The van der Waals surface area contributed by atoms with Crippen LogP contribution in [0.5, 0.6) is 0 Å². The molecule has 5 aromatic rings. The van der Waals surface area contributed by atoms with Crippen LogP contribution in [0, 0.1) is 17.1 Å². The van der Waals surface area contributed by atoms with Gasteiger partial charge in [-0.05, 0) is 85.1 Å². The van der Waals surface area contributed by atoms with Gasteiger partial charge in [0.05, 0.1) is 45.5 Å². The second-order valence-electron chi connectivity index (χ2n) is 14.8. The molecule has 60 heavy (non-hydrogen) atoms. The van der Waals surface area contributed by atoms with E-state index < -0.39 is 68.5 Å². The van der Waals surface area contributed by atoms with Crippen LogP contribution in [0.3, 0.4) is 0 Å². The molecular formula is C42H38F4N8O5S. The van der Waals surface area contributed by atoms with E-state index in [-0.39, 0.29) is 22.8 Å². The van der Waals surface area contributed by atoms with Gasteiger partial charge < -0.3 is 21.1 Å². The molecule has 0 saturated carbocycles. The van der Waals surface area contributed by atoms with Crippen LogP contribution in [0.15, 0.2) is 95.1 Å². The van der Waals surface area contributed by atoms with E-state index in [2.05, 4.69) is 31.0 Å². The van der Waals surface area contributed by atoms with E-state index in [1.54, 1.807) is 23.9 Å². The minimum atomic E-state index is -4.84. The Morgan fingerprint density at radius 2 is 1.68 bits per heavy atom. The number of carbonyl (C=O) groups excluding carboxylic acids is 2. The monoisotopic (exact) mass is 842 g/mol. The number of aryl methyl sites for hydroxylation is 1. The molecule has 1 unspecified atom stereocenters. The molecule has 0 spiro atoms. The zero-order chi connectivity index (χ0) is 43.0. The van der Waals surface area contributed by atoms with Crippen LogP contribution in [0.25, 0.3) is 0 Å². The number of nitrogens with zero attached hydrogens (tertiary/aromatic N) is 5. The first-order valence-corrected chi connectivity index (χ1v) is 20.4. The number of sulfone groups is 1. The van der Waals surface area contributed by atoms with Crippen molar-refractivity contribution in [1.29, 1.82) is 5.26 Å². The molecule has 0 radical (unpaired) electrons. The maximum absolute atomic E-state index is 14.6. The van der Waals surface area contributed by atoms with Gasteiger partial charge in [-0.1, -0.05) is 18.2 Å². The zero-order valence-corrected chi connectivity index (χ0v) is 33.0. The highest BCUT2D eigenvalue weighted by Gasteiger charge is 2.42. The van der Waals surface area contributed by atoms with Gasteiger partial charge in [-0.3, -0.25) is 19.3 Å². The number of anilines is 3. The summed E-state index contributed by atoms with van der Waals surface area (Å²) in [4.78, 5) is 34.6. The topological polar surface area (TPSA) is 191 Å². The highest BCUT2D eigenvalue weighted by Crippen LogP contribution is 2.45. The molecule has 2 aliphatic rings. The van der Waals surface area contributed by atoms with Gasteiger partial charge in [0.25, 0.3) is 0 Å². The summed E-state index contributed by atoms with van der Waals surface area (Å²) in [5.74, 6) is -2.53. The Labute approximate surface area is 342 Å². The zero-order valence-electron chi connectivity index (χ0n) is 32.2. The third-order valence-electron chi connectivity index (χ3n) is 10.5. The lowest BCUT2D eigenvalue weighted by atomic mass is 9.78. The number of rotatable bonds is 14. The quantitative estimate of drug-likeness (QED) is 0.0754. The molecule has 0 saturated heterocycles. The third kappa shape index (κ3) is 8.63. The van der Waals surface area contributed by atoms with Crippen molar-refractivity contribution < 1.29 is 40.7 Å². The summed E-state index contributed by atoms with van der Waals surface area (Å²) in [5.41, 5.74) is -0.0132. The van der Waals surface area contributed by atoms with Crippen molar-refractivity contribution in [1.82, 2.24) is 14.8 Å². The Kier molecular flexibility index (Phi) is 11.3. The smallest absolute Gasteiger partial charge is 0.385 e. The largest absolute Gasteiger partial charge is 0.417 e. The predicted octanol–water partition coefficient (Wildman–Crippen LogP) is 6.03. The summed E-state index contributed by atoms with van der Waals surface area (Å²) in [6.07, 6.45) is -3.39. The fourth-order valence-electron chi connectivity index (χ4n) is 7.42. The van der Waals surface area contributed by atoms with Crippen LogP contribution >= 0.6 is 0 Å². The first-order chi connectivity index (χ1) is 28.4. The second kappa shape index (κ2) is 16.3.